The van der Waals surface area contributed by atoms with Crippen molar-refractivity contribution in [3.05, 3.63) is 0 Å². The normalized spacial score (nSPS) is 20.8. The molecular formula is C11H19N3O4. The molecule has 0 radical (unpaired) electrons. The Hall–Kier alpha value is -1.79. The largest absolute Gasteiger partial charge is 0.480 e. The molecule has 1 rings (SSSR count). The topological polar surface area (TPSA) is 113 Å². The molecular weight excluding hydrogens is 238 g/mol. The highest BCUT2D eigenvalue weighted by Gasteiger charge is 2.32. The molecule has 0 bridgehead atoms. The van der Waals surface area contributed by atoms with Gasteiger partial charge in [-0.3, -0.25) is 4.79 Å². The van der Waals surface area contributed by atoms with Crippen LogP contribution in [-0.4, -0.2) is 47.0 Å². The van der Waals surface area contributed by atoms with E-state index < -0.39 is 23.9 Å². The highest BCUT2D eigenvalue weighted by molar-refractivity contribution is 5.84. The van der Waals surface area contributed by atoms with E-state index in [0.29, 0.717) is 13.0 Å². The molecule has 7 nitrogen and oxygen atoms in total. The summed E-state index contributed by atoms with van der Waals surface area (Å²) in [5.74, 6) is -2.04. The van der Waals surface area contributed by atoms with Gasteiger partial charge in [-0.2, -0.15) is 0 Å². The van der Waals surface area contributed by atoms with Crippen LogP contribution in [-0.2, 0) is 9.59 Å². The summed E-state index contributed by atoms with van der Waals surface area (Å²) in [7, 11) is 0. The predicted molar refractivity (Wildman–Crippen MR) is 63.7 cm³/mol. The van der Waals surface area contributed by atoms with E-state index in [2.05, 4.69) is 5.32 Å². The summed E-state index contributed by atoms with van der Waals surface area (Å²) < 4.78 is 0. The van der Waals surface area contributed by atoms with Crippen molar-refractivity contribution in [2.24, 2.45) is 17.6 Å². The molecule has 1 fully saturated rings. The number of carboxylic acids is 1. The van der Waals surface area contributed by atoms with Gasteiger partial charge in [-0.15, -0.1) is 0 Å². The molecule has 18 heavy (non-hydrogen) atoms. The van der Waals surface area contributed by atoms with Gasteiger partial charge in [-0.1, -0.05) is 13.8 Å². The molecule has 0 saturated carbocycles. The molecule has 0 aliphatic carbocycles. The van der Waals surface area contributed by atoms with Gasteiger partial charge in [0.15, 0.2) is 0 Å². The number of carboxylic acid groups (broad SMARTS) is 1. The van der Waals surface area contributed by atoms with Crippen LogP contribution in [0.3, 0.4) is 0 Å². The zero-order valence-electron chi connectivity index (χ0n) is 10.5. The molecule has 1 unspecified atom stereocenters. The molecule has 0 aromatic carbocycles. The van der Waals surface area contributed by atoms with E-state index in [1.807, 2.05) is 0 Å². The lowest BCUT2D eigenvalue weighted by atomic mass is 10.1. The monoisotopic (exact) mass is 257 g/mol. The Morgan fingerprint density at radius 3 is 2.39 bits per heavy atom. The number of hydrogen-bond donors (Lipinski definition) is 3. The molecule has 0 aromatic heterocycles. The minimum Gasteiger partial charge on any atom is -0.480 e. The summed E-state index contributed by atoms with van der Waals surface area (Å²) in [5.41, 5.74) is 5.17. The van der Waals surface area contributed by atoms with Crippen LogP contribution < -0.4 is 11.1 Å². The number of rotatable bonds is 4. The maximum absolute atomic E-state index is 11.8. The highest BCUT2D eigenvalue weighted by atomic mass is 16.4. The van der Waals surface area contributed by atoms with E-state index in [9.17, 15) is 14.4 Å². The lowest BCUT2D eigenvalue weighted by Gasteiger charge is -2.22. The van der Waals surface area contributed by atoms with Gasteiger partial charge < -0.3 is 21.1 Å². The molecule has 3 amide bonds. The number of nitrogens with zero attached hydrogens (tertiary/aromatic N) is 1. The second kappa shape index (κ2) is 5.70. The quantitative estimate of drug-likeness (QED) is 0.636. The minimum atomic E-state index is -1.07. The third-order valence-corrected chi connectivity index (χ3v) is 3.09. The average Bonchev–Trinajstić information content (AvgIpc) is 2.73. The molecule has 0 aromatic rings. The van der Waals surface area contributed by atoms with E-state index in [4.69, 9.17) is 10.8 Å². The first kappa shape index (κ1) is 14.3. The van der Waals surface area contributed by atoms with Gasteiger partial charge in [0, 0.05) is 13.1 Å². The third-order valence-electron chi connectivity index (χ3n) is 3.09. The smallest absolute Gasteiger partial charge is 0.326 e. The molecule has 1 heterocycles. The van der Waals surface area contributed by atoms with Crippen LogP contribution >= 0.6 is 0 Å². The number of nitrogens with two attached hydrogens (primary N) is 1. The van der Waals surface area contributed by atoms with E-state index >= 15 is 0 Å². The van der Waals surface area contributed by atoms with Crippen molar-refractivity contribution >= 4 is 17.9 Å². The summed E-state index contributed by atoms with van der Waals surface area (Å²) in [4.78, 5) is 35.2. The van der Waals surface area contributed by atoms with Crippen molar-refractivity contribution in [2.45, 2.75) is 26.3 Å². The lowest BCUT2D eigenvalue weighted by molar-refractivity contribution is -0.140. The number of aliphatic carboxylic acids is 1. The van der Waals surface area contributed by atoms with Gasteiger partial charge in [-0.05, 0) is 12.3 Å². The van der Waals surface area contributed by atoms with E-state index in [1.165, 1.54) is 4.90 Å². The van der Waals surface area contributed by atoms with Gasteiger partial charge in [0.25, 0.3) is 0 Å². The Morgan fingerprint density at radius 2 is 2.00 bits per heavy atom. The van der Waals surface area contributed by atoms with E-state index in [-0.39, 0.29) is 18.4 Å². The van der Waals surface area contributed by atoms with Crippen molar-refractivity contribution in [3.8, 4) is 0 Å². The van der Waals surface area contributed by atoms with Crippen molar-refractivity contribution in [1.29, 1.82) is 0 Å². The highest BCUT2D eigenvalue weighted by Crippen LogP contribution is 2.16. The average molecular weight is 257 g/mol. The molecule has 1 aliphatic rings. The van der Waals surface area contributed by atoms with Gasteiger partial charge in [0.2, 0.25) is 5.91 Å². The van der Waals surface area contributed by atoms with Crippen LogP contribution in [0.1, 0.15) is 20.3 Å². The first-order valence-corrected chi connectivity index (χ1v) is 5.90. The van der Waals surface area contributed by atoms with Crippen LogP contribution in [0.25, 0.3) is 0 Å². The minimum absolute atomic E-state index is 0.207. The summed E-state index contributed by atoms with van der Waals surface area (Å²) in [6.45, 7) is 4.11. The van der Waals surface area contributed by atoms with Gasteiger partial charge in [-0.25, -0.2) is 9.59 Å². The molecule has 7 heteroatoms. The van der Waals surface area contributed by atoms with Gasteiger partial charge in [0.05, 0.1) is 5.92 Å². The fourth-order valence-corrected chi connectivity index (χ4v) is 1.91. The number of likely N-dealkylation sites (tertiary alicyclic amines) is 1. The first-order valence-electron chi connectivity index (χ1n) is 5.90. The Bertz CT molecular complexity index is 356. The fraction of sp³-hybridized carbons (Fsp3) is 0.727. The molecule has 102 valence electrons. The van der Waals surface area contributed by atoms with Gasteiger partial charge in [0.1, 0.15) is 6.04 Å². The number of carbonyl (C=O) groups is 3. The van der Waals surface area contributed by atoms with Crippen molar-refractivity contribution in [1.82, 2.24) is 10.2 Å². The van der Waals surface area contributed by atoms with Crippen molar-refractivity contribution in [2.75, 3.05) is 13.1 Å². The summed E-state index contributed by atoms with van der Waals surface area (Å²) in [6.07, 6.45) is 0.530. The number of carbonyl (C=O) groups excluding carboxylic acids is 2. The van der Waals surface area contributed by atoms with E-state index in [1.54, 1.807) is 13.8 Å². The van der Waals surface area contributed by atoms with Crippen LogP contribution in [0.2, 0.25) is 0 Å². The molecule has 1 aliphatic heterocycles. The van der Waals surface area contributed by atoms with Crippen molar-refractivity contribution in [3.63, 3.8) is 0 Å². The Kier molecular flexibility index (Phi) is 4.52. The number of hydrogen-bond acceptors (Lipinski definition) is 3. The maximum atomic E-state index is 11.8. The fourth-order valence-electron chi connectivity index (χ4n) is 1.91. The van der Waals surface area contributed by atoms with Crippen LogP contribution in [0.4, 0.5) is 4.79 Å². The van der Waals surface area contributed by atoms with Crippen LogP contribution in [0.15, 0.2) is 0 Å². The summed E-state index contributed by atoms with van der Waals surface area (Å²) in [5, 5.41) is 11.4. The predicted octanol–water partition coefficient (Wildman–Crippen LogP) is -0.388. The second-order valence-electron chi connectivity index (χ2n) is 4.84. The summed E-state index contributed by atoms with van der Waals surface area (Å²) in [6, 6.07) is -1.38. The van der Waals surface area contributed by atoms with Crippen molar-refractivity contribution < 1.29 is 19.5 Å². The lowest BCUT2D eigenvalue weighted by Crippen LogP contribution is -2.49. The first-order chi connectivity index (χ1) is 8.32. The SMILES string of the molecule is CC(C)[C@@H](NC(=O)N1CCC(C(N)=O)C1)C(=O)O. The Morgan fingerprint density at radius 1 is 1.39 bits per heavy atom. The number of urea groups is 1. The Balaban J connectivity index is 2.56. The molecule has 1 saturated heterocycles. The zero-order valence-corrected chi connectivity index (χ0v) is 10.5. The van der Waals surface area contributed by atoms with E-state index in [0.717, 1.165) is 0 Å². The third kappa shape index (κ3) is 3.35. The molecule has 4 N–H and O–H groups in total. The van der Waals surface area contributed by atoms with Crippen LogP contribution in [0, 0.1) is 11.8 Å². The van der Waals surface area contributed by atoms with Gasteiger partial charge >= 0.3 is 12.0 Å². The van der Waals surface area contributed by atoms with Crippen LogP contribution in [0.5, 0.6) is 0 Å². The number of primary amides is 1. The Labute approximate surface area is 105 Å². The summed E-state index contributed by atoms with van der Waals surface area (Å²) >= 11 is 0. The molecule has 0 spiro atoms. The number of nitrogens with one attached hydrogen (secondary N) is 1. The standard InChI is InChI=1S/C11H19N3O4/c1-6(2)8(10(16)17)13-11(18)14-4-3-7(5-14)9(12)15/h6-8H,3-5H2,1-2H3,(H2,12,15)(H,13,18)(H,16,17)/t7?,8-/m1/s1. The number of amides is 3. The second-order valence-corrected chi connectivity index (χ2v) is 4.84. The zero-order chi connectivity index (χ0) is 13.9. The maximum Gasteiger partial charge on any atom is 0.326 e. The molecule has 2 atom stereocenters.